The minimum absolute atomic E-state index is 0.0299. The Bertz CT molecular complexity index is 366. The Balaban J connectivity index is 1.97. The van der Waals surface area contributed by atoms with Crippen molar-refractivity contribution < 1.29 is 19.4 Å². The van der Waals surface area contributed by atoms with Gasteiger partial charge < -0.3 is 14.7 Å². The van der Waals surface area contributed by atoms with E-state index in [0.717, 1.165) is 19.3 Å². The maximum absolute atomic E-state index is 12.6. The first-order valence-electron chi connectivity index (χ1n) is 7.02. The van der Waals surface area contributed by atoms with E-state index in [9.17, 15) is 9.59 Å². The van der Waals surface area contributed by atoms with E-state index in [-0.39, 0.29) is 29.8 Å². The van der Waals surface area contributed by atoms with E-state index in [4.69, 9.17) is 9.84 Å². The Hall–Kier alpha value is -1.10. The summed E-state index contributed by atoms with van der Waals surface area (Å²) < 4.78 is 5.41. The number of carbonyl (C=O) groups excluding carboxylic acids is 1. The number of carboxylic acid groups (broad SMARTS) is 1. The zero-order valence-corrected chi connectivity index (χ0v) is 11.7. The van der Waals surface area contributed by atoms with Gasteiger partial charge in [-0.05, 0) is 18.3 Å². The number of aliphatic carboxylic acids is 1. The molecule has 0 spiro atoms. The Kier molecular flexibility index (Phi) is 4.13. The minimum atomic E-state index is -0.875. The molecule has 1 N–H and O–H groups in total. The van der Waals surface area contributed by atoms with Crippen LogP contribution in [0.25, 0.3) is 0 Å². The highest BCUT2D eigenvalue weighted by molar-refractivity contribution is 5.80. The number of hydrogen-bond donors (Lipinski definition) is 1. The van der Waals surface area contributed by atoms with Crippen molar-refractivity contribution in [1.29, 1.82) is 0 Å². The molecule has 0 radical (unpaired) electrons. The molecule has 5 nitrogen and oxygen atoms in total. The molecule has 1 amide bonds. The fourth-order valence-corrected chi connectivity index (χ4v) is 3.24. The van der Waals surface area contributed by atoms with Gasteiger partial charge in [0.25, 0.3) is 0 Å². The van der Waals surface area contributed by atoms with E-state index in [0.29, 0.717) is 19.7 Å². The fraction of sp³-hybridized carbons (Fsp3) is 0.857. The molecule has 0 bridgehead atoms. The van der Waals surface area contributed by atoms with Crippen LogP contribution in [0.5, 0.6) is 0 Å². The van der Waals surface area contributed by atoms with Crippen LogP contribution in [-0.4, -0.2) is 47.7 Å². The lowest BCUT2D eigenvalue weighted by molar-refractivity contribution is -0.151. The van der Waals surface area contributed by atoms with Crippen molar-refractivity contribution in [2.24, 2.45) is 11.3 Å². The van der Waals surface area contributed by atoms with Crippen LogP contribution in [0, 0.1) is 11.3 Å². The molecule has 108 valence electrons. The van der Waals surface area contributed by atoms with Gasteiger partial charge >= 0.3 is 5.97 Å². The zero-order valence-electron chi connectivity index (χ0n) is 11.7. The van der Waals surface area contributed by atoms with Gasteiger partial charge in [-0.1, -0.05) is 20.3 Å². The molecule has 1 heterocycles. The number of morpholine rings is 1. The molecule has 1 saturated carbocycles. The first kappa shape index (κ1) is 14.3. The third kappa shape index (κ3) is 3.26. The Morgan fingerprint density at radius 1 is 1.42 bits per heavy atom. The largest absolute Gasteiger partial charge is 0.481 e. The van der Waals surface area contributed by atoms with Crippen molar-refractivity contribution in [2.75, 3.05) is 19.7 Å². The summed E-state index contributed by atoms with van der Waals surface area (Å²) in [6, 6.07) is 0. The van der Waals surface area contributed by atoms with Gasteiger partial charge in [0, 0.05) is 19.0 Å². The molecule has 2 rings (SSSR count). The summed E-state index contributed by atoms with van der Waals surface area (Å²) in [4.78, 5) is 25.1. The van der Waals surface area contributed by atoms with E-state index >= 15 is 0 Å². The number of amides is 1. The summed E-state index contributed by atoms with van der Waals surface area (Å²) in [5.74, 6) is -0.613. The summed E-state index contributed by atoms with van der Waals surface area (Å²) in [7, 11) is 0. The van der Waals surface area contributed by atoms with Gasteiger partial charge in [-0.25, -0.2) is 0 Å². The van der Waals surface area contributed by atoms with Crippen molar-refractivity contribution in [3.05, 3.63) is 0 Å². The van der Waals surface area contributed by atoms with E-state index in [1.807, 2.05) is 0 Å². The number of ether oxygens (including phenoxy) is 1. The number of nitrogens with zero attached hydrogens (tertiary/aromatic N) is 1. The summed E-state index contributed by atoms with van der Waals surface area (Å²) in [5.41, 5.74) is 0.0671. The summed E-state index contributed by atoms with van der Waals surface area (Å²) in [5, 5.41) is 8.80. The van der Waals surface area contributed by atoms with Crippen LogP contribution < -0.4 is 0 Å². The molecular formula is C14H23NO4. The van der Waals surface area contributed by atoms with Crippen molar-refractivity contribution in [1.82, 2.24) is 4.90 Å². The van der Waals surface area contributed by atoms with Crippen LogP contribution in [0.4, 0.5) is 0 Å². The summed E-state index contributed by atoms with van der Waals surface area (Å²) >= 11 is 0. The van der Waals surface area contributed by atoms with E-state index in [1.165, 1.54) is 0 Å². The summed E-state index contributed by atoms with van der Waals surface area (Å²) in [6.45, 7) is 5.74. The van der Waals surface area contributed by atoms with Crippen LogP contribution in [0.15, 0.2) is 0 Å². The molecule has 2 fully saturated rings. The third-order valence-electron chi connectivity index (χ3n) is 4.41. The van der Waals surface area contributed by atoms with Crippen LogP contribution in [0.1, 0.15) is 39.5 Å². The zero-order chi connectivity index (χ0) is 14.0. The van der Waals surface area contributed by atoms with E-state index < -0.39 is 5.97 Å². The topological polar surface area (TPSA) is 66.8 Å². The van der Waals surface area contributed by atoms with Crippen molar-refractivity contribution in [2.45, 2.75) is 45.6 Å². The second-order valence-electron chi connectivity index (χ2n) is 6.31. The number of hydrogen-bond acceptors (Lipinski definition) is 3. The summed E-state index contributed by atoms with van der Waals surface area (Å²) in [6.07, 6.45) is 2.75. The fourth-order valence-electron chi connectivity index (χ4n) is 3.24. The van der Waals surface area contributed by atoms with E-state index in [2.05, 4.69) is 13.8 Å². The first-order valence-corrected chi connectivity index (χ1v) is 7.02. The quantitative estimate of drug-likeness (QED) is 0.843. The number of carboxylic acids is 1. The Morgan fingerprint density at radius 3 is 2.74 bits per heavy atom. The molecular weight excluding hydrogens is 246 g/mol. The molecule has 2 unspecified atom stereocenters. The smallest absolute Gasteiger partial charge is 0.306 e. The lowest BCUT2D eigenvalue weighted by Crippen LogP contribution is -2.49. The van der Waals surface area contributed by atoms with Crippen molar-refractivity contribution in [3.8, 4) is 0 Å². The predicted octanol–water partition coefficient (Wildman–Crippen LogP) is 1.51. The van der Waals surface area contributed by atoms with Gasteiger partial charge in [-0.3, -0.25) is 9.59 Å². The molecule has 2 aliphatic rings. The van der Waals surface area contributed by atoms with Crippen molar-refractivity contribution in [3.63, 3.8) is 0 Å². The minimum Gasteiger partial charge on any atom is -0.481 e. The van der Waals surface area contributed by atoms with Crippen molar-refractivity contribution >= 4 is 11.9 Å². The SMILES string of the molecule is CC1(C)CCCC1C(=O)N1CCOC(CC(=O)O)C1. The molecule has 1 aliphatic carbocycles. The molecule has 0 aromatic heterocycles. The highest BCUT2D eigenvalue weighted by Gasteiger charge is 2.42. The highest BCUT2D eigenvalue weighted by Crippen LogP contribution is 2.43. The Morgan fingerprint density at radius 2 is 2.16 bits per heavy atom. The second kappa shape index (κ2) is 5.49. The molecule has 0 aromatic rings. The maximum atomic E-state index is 12.6. The van der Waals surface area contributed by atoms with E-state index in [1.54, 1.807) is 4.90 Å². The molecule has 1 saturated heterocycles. The normalized spacial score (nSPS) is 30.3. The average Bonchev–Trinajstić information content (AvgIpc) is 2.67. The van der Waals surface area contributed by atoms with Gasteiger partial charge in [0.15, 0.2) is 0 Å². The van der Waals surface area contributed by atoms with Gasteiger partial charge in [0.2, 0.25) is 5.91 Å². The molecule has 2 atom stereocenters. The highest BCUT2D eigenvalue weighted by atomic mass is 16.5. The monoisotopic (exact) mass is 269 g/mol. The Labute approximate surface area is 113 Å². The molecule has 0 aromatic carbocycles. The lowest BCUT2D eigenvalue weighted by atomic mass is 9.81. The van der Waals surface area contributed by atoms with Gasteiger partial charge in [0.05, 0.1) is 19.1 Å². The van der Waals surface area contributed by atoms with Gasteiger partial charge in [-0.2, -0.15) is 0 Å². The van der Waals surface area contributed by atoms with Crippen LogP contribution in [0.2, 0.25) is 0 Å². The second-order valence-corrected chi connectivity index (χ2v) is 6.31. The van der Waals surface area contributed by atoms with Gasteiger partial charge in [-0.15, -0.1) is 0 Å². The van der Waals surface area contributed by atoms with Crippen LogP contribution in [0.3, 0.4) is 0 Å². The van der Waals surface area contributed by atoms with Crippen LogP contribution >= 0.6 is 0 Å². The standard InChI is InChI=1S/C14H23NO4/c1-14(2)5-3-4-11(14)13(18)15-6-7-19-10(9-15)8-12(16)17/h10-11H,3-9H2,1-2H3,(H,16,17). The lowest BCUT2D eigenvalue weighted by Gasteiger charge is -2.37. The predicted molar refractivity (Wildman–Crippen MR) is 69.7 cm³/mol. The first-order chi connectivity index (χ1) is 8.90. The number of carbonyl (C=O) groups is 2. The molecule has 19 heavy (non-hydrogen) atoms. The van der Waals surface area contributed by atoms with Crippen LogP contribution in [-0.2, 0) is 14.3 Å². The van der Waals surface area contributed by atoms with Gasteiger partial charge in [0.1, 0.15) is 0 Å². The molecule has 5 heteroatoms. The molecule has 1 aliphatic heterocycles. The average molecular weight is 269 g/mol. The number of rotatable bonds is 3. The third-order valence-corrected chi connectivity index (χ3v) is 4.41. The maximum Gasteiger partial charge on any atom is 0.306 e.